The predicted molar refractivity (Wildman–Crippen MR) is 113 cm³/mol. The number of carboxylic acid groups (broad SMARTS) is 1. The molecule has 11 heteroatoms. The molecule has 0 bridgehead atoms. The van der Waals surface area contributed by atoms with Gasteiger partial charge in [0, 0.05) is 6.07 Å². The third-order valence-corrected chi connectivity index (χ3v) is 5.55. The highest BCUT2D eigenvalue weighted by atomic mass is 32.2. The number of carbonyl (C=O) groups is 2. The largest absolute Gasteiger partial charge is 0.500 e. The van der Waals surface area contributed by atoms with E-state index < -0.39 is 34.3 Å². The highest BCUT2D eigenvalue weighted by Gasteiger charge is 2.41. The molecule has 0 saturated carbocycles. The number of carboxylic acids is 1. The molecule has 154 valence electrons. The van der Waals surface area contributed by atoms with Crippen LogP contribution >= 0.6 is 24.0 Å². The quantitative estimate of drug-likeness (QED) is 0.297. The van der Waals surface area contributed by atoms with E-state index in [4.69, 9.17) is 17.0 Å². The van der Waals surface area contributed by atoms with E-state index in [1.807, 2.05) is 0 Å². The van der Waals surface area contributed by atoms with Gasteiger partial charge in [0.2, 0.25) is 5.75 Å². The standard InChI is InChI=1S/C19H14N2O7S2/c1-28-13-8-10(7-12(16(13)22)21(26)27)9-14-17(23)20(19(29)30-14)15(18(24)25)11-5-3-2-4-6-11/h2-9,15,22H,1H3,(H,24,25)/b14-9-. The number of aliphatic carboxylic acids is 1. The van der Waals surface area contributed by atoms with Crippen LogP contribution in [0, 0.1) is 10.1 Å². The maximum atomic E-state index is 13.0. The van der Waals surface area contributed by atoms with Crippen LogP contribution in [0.5, 0.6) is 11.5 Å². The Morgan fingerprint density at radius 1 is 1.33 bits per heavy atom. The molecule has 1 atom stereocenters. The second-order valence-electron chi connectivity index (χ2n) is 6.05. The summed E-state index contributed by atoms with van der Waals surface area (Å²) in [6.07, 6.45) is 1.33. The zero-order valence-electron chi connectivity index (χ0n) is 15.3. The molecule has 1 saturated heterocycles. The van der Waals surface area contributed by atoms with Crippen molar-refractivity contribution in [2.24, 2.45) is 0 Å². The summed E-state index contributed by atoms with van der Waals surface area (Å²) in [5.41, 5.74) is -0.00305. The first-order valence-electron chi connectivity index (χ1n) is 8.34. The van der Waals surface area contributed by atoms with Gasteiger partial charge in [0.05, 0.1) is 16.9 Å². The smallest absolute Gasteiger partial charge is 0.331 e. The van der Waals surface area contributed by atoms with Crippen molar-refractivity contribution in [2.75, 3.05) is 7.11 Å². The maximum absolute atomic E-state index is 13.0. The van der Waals surface area contributed by atoms with E-state index in [2.05, 4.69) is 0 Å². The third kappa shape index (κ3) is 3.98. The lowest BCUT2D eigenvalue weighted by Crippen LogP contribution is -2.37. The summed E-state index contributed by atoms with van der Waals surface area (Å²) < 4.78 is 4.99. The predicted octanol–water partition coefficient (Wildman–Crippen LogP) is 3.34. The Bertz CT molecular complexity index is 1090. The van der Waals surface area contributed by atoms with Crippen molar-refractivity contribution in [3.05, 3.63) is 68.6 Å². The Hall–Kier alpha value is -3.44. The van der Waals surface area contributed by atoms with Crippen molar-refractivity contribution in [2.45, 2.75) is 6.04 Å². The van der Waals surface area contributed by atoms with Crippen molar-refractivity contribution in [3.8, 4) is 11.5 Å². The number of rotatable bonds is 6. The van der Waals surface area contributed by atoms with E-state index in [9.17, 15) is 29.9 Å². The van der Waals surface area contributed by atoms with Crippen LogP contribution in [0.4, 0.5) is 5.69 Å². The third-order valence-electron chi connectivity index (χ3n) is 4.22. The normalized spacial score (nSPS) is 16.0. The molecule has 1 aliphatic rings. The van der Waals surface area contributed by atoms with E-state index in [1.165, 1.54) is 19.3 Å². The number of nitro groups is 1. The minimum Gasteiger partial charge on any atom is -0.500 e. The van der Waals surface area contributed by atoms with Gasteiger partial charge in [-0.2, -0.15) is 0 Å². The number of amides is 1. The number of benzene rings is 2. The van der Waals surface area contributed by atoms with Gasteiger partial charge >= 0.3 is 11.7 Å². The average molecular weight is 446 g/mol. The number of phenols is 1. The highest BCUT2D eigenvalue weighted by Crippen LogP contribution is 2.41. The van der Waals surface area contributed by atoms with Crippen molar-refractivity contribution in [3.63, 3.8) is 0 Å². The molecule has 0 aliphatic carbocycles. The van der Waals surface area contributed by atoms with Crippen molar-refractivity contribution < 1.29 is 29.5 Å². The summed E-state index contributed by atoms with van der Waals surface area (Å²) in [5, 5.41) is 30.8. The number of nitrogens with zero attached hydrogens (tertiary/aromatic N) is 2. The molecule has 1 unspecified atom stereocenters. The van der Waals surface area contributed by atoms with Crippen LogP contribution < -0.4 is 4.74 Å². The molecule has 3 rings (SSSR count). The Kier molecular flexibility index (Phi) is 6.04. The molecule has 1 aliphatic heterocycles. The molecular formula is C19H14N2O7S2. The maximum Gasteiger partial charge on any atom is 0.331 e. The molecule has 1 heterocycles. The van der Waals surface area contributed by atoms with Gasteiger partial charge in [0.25, 0.3) is 5.91 Å². The van der Waals surface area contributed by atoms with Crippen molar-refractivity contribution >= 4 is 51.9 Å². The first-order chi connectivity index (χ1) is 14.2. The summed E-state index contributed by atoms with van der Waals surface area (Å²) in [5.74, 6) is -2.67. The van der Waals surface area contributed by atoms with E-state index in [1.54, 1.807) is 30.3 Å². The number of methoxy groups -OCH3 is 1. The van der Waals surface area contributed by atoms with E-state index in [0.717, 1.165) is 22.7 Å². The van der Waals surface area contributed by atoms with Crippen molar-refractivity contribution in [1.29, 1.82) is 0 Å². The molecule has 9 nitrogen and oxygen atoms in total. The SMILES string of the molecule is COc1cc(/C=C2\SC(=S)N(C(C(=O)O)c3ccccc3)C2=O)cc([N+](=O)[O-])c1O. The van der Waals surface area contributed by atoms with Crippen LogP contribution in [-0.2, 0) is 9.59 Å². The van der Waals surface area contributed by atoms with Crippen LogP contribution in [0.2, 0.25) is 0 Å². The molecule has 0 radical (unpaired) electrons. The zero-order valence-corrected chi connectivity index (χ0v) is 17.0. The summed E-state index contributed by atoms with van der Waals surface area (Å²) in [6, 6.07) is 9.27. The van der Waals surface area contributed by atoms with E-state index >= 15 is 0 Å². The number of phenolic OH excluding ortho intramolecular Hbond substituents is 1. The van der Waals surface area contributed by atoms with Crippen molar-refractivity contribution in [1.82, 2.24) is 4.90 Å². The fraction of sp³-hybridized carbons (Fsp3) is 0.105. The summed E-state index contributed by atoms with van der Waals surface area (Å²) >= 11 is 6.12. The van der Waals surface area contributed by atoms with Gasteiger partial charge in [-0.25, -0.2) is 4.79 Å². The first kappa shape index (κ1) is 21.3. The van der Waals surface area contributed by atoms with Gasteiger partial charge in [0.15, 0.2) is 11.8 Å². The molecule has 2 aromatic rings. The molecule has 0 aromatic heterocycles. The molecule has 2 N–H and O–H groups in total. The number of thioether (sulfide) groups is 1. The molecule has 1 amide bonds. The number of hydrogen-bond acceptors (Lipinski definition) is 8. The number of ether oxygens (including phenoxy) is 1. The minimum absolute atomic E-state index is 0.0442. The zero-order chi connectivity index (χ0) is 22.0. The lowest BCUT2D eigenvalue weighted by molar-refractivity contribution is -0.386. The molecule has 0 spiro atoms. The minimum atomic E-state index is -1.31. The van der Waals surface area contributed by atoms with Gasteiger partial charge in [-0.1, -0.05) is 54.3 Å². The van der Waals surface area contributed by atoms with Gasteiger partial charge in [-0.15, -0.1) is 0 Å². The highest BCUT2D eigenvalue weighted by molar-refractivity contribution is 8.26. The van der Waals surface area contributed by atoms with Crippen LogP contribution in [0.1, 0.15) is 17.2 Å². The second kappa shape index (κ2) is 8.51. The van der Waals surface area contributed by atoms with Crippen LogP contribution in [0.15, 0.2) is 47.4 Å². The topological polar surface area (TPSA) is 130 Å². The van der Waals surface area contributed by atoms with E-state index in [-0.39, 0.29) is 20.5 Å². The summed E-state index contributed by atoms with van der Waals surface area (Å²) in [4.78, 5) is 36.3. The van der Waals surface area contributed by atoms with Gasteiger partial charge < -0.3 is 14.9 Å². The van der Waals surface area contributed by atoms with Gasteiger partial charge in [-0.3, -0.25) is 19.8 Å². The Labute approximate surface area is 179 Å². The average Bonchev–Trinajstić information content (AvgIpc) is 2.97. The second-order valence-corrected chi connectivity index (χ2v) is 7.73. The number of nitro benzene ring substituents is 1. The Balaban J connectivity index is 2.02. The molecule has 30 heavy (non-hydrogen) atoms. The molecule has 2 aromatic carbocycles. The van der Waals surface area contributed by atoms with Gasteiger partial charge in [-0.05, 0) is 23.3 Å². The van der Waals surface area contributed by atoms with Crippen LogP contribution in [0.3, 0.4) is 0 Å². The molecular weight excluding hydrogens is 432 g/mol. The van der Waals surface area contributed by atoms with Crippen LogP contribution in [0.25, 0.3) is 6.08 Å². The number of carbonyl (C=O) groups excluding carboxylic acids is 1. The summed E-state index contributed by atoms with van der Waals surface area (Å²) in [7, 11) is 1.24. The molecule has 1 fully saturated rings. The van der Waals surface area contributed by atoms with E-state index in [0.29, 0.717) is 5.56 Å². The lowest BCUT2D eigenvalue weighted by Gasteiger charge is -2.23. The summed E-state index contributed by atoms with van der Waals surface area (Å²) in [6.45, 7) is 0. The first-order valence-corrected chi connectivity index (χ1v) is 9.57. The monoisotopic (exact) mass is 446 g/mol. The number of hydrogen-bond donors (Lipinski definition) is 2. The fourth-order valence-electron chi connectivity index (χ4n) is 2.88. The lowest BCUT2D eigenvalue weighted by atomic mass is 10.1. The Morgan fingerprint density at radius 3 is 2.57 bits per heavy atom. The number of thiocarbonyl (C=S) groups is 1. The number of aromatic hydroxyl groups is 1. The van der Waals surface area contributed by atoms with Gasteiger partial charge in [0.1, 0.15) is 4.32 Å². The Morgan fingerprint density at radius 2 is 2.00 bits per heavy atom. The van der Waals surface area contributed by atoms with Crippen LogP contribution in [-0.4, -0.2) is 43.3 Å². The fourth-order valence-corrected chi connectivity index (χ4v) is 4.20.